The molecule has 1 saturated carbocycles. The van der Waals surface area contributed by atoms with Crippen molar-refractivity contribution in [3.05, 3.63) is 33.1 Å². The topological polar surface area (TPSA) is 44.0 Å². The molecule has 0 saturated heterocycles. The highest BCUT2D eigenvalue weighted by molar-refractivity contribution is 4.87. The first-order chi connectivity index (χ1) is 6.18. The standard InChI is InChI=1S/C9H12N2O2/c1-10-5-4-8(12)11(9(10)13)6-7-2-3-7/h4-5,7H,2-3,6H2,1H3. The van der Waals surface area contributed by atoms with Crippen molar-refractivity contribution < 1.29 is 0 Å². The second-order valence-corrected chi connectivity index (χ2v) is 3.60. The molecule has 1 aliphatic carbocycles. The summed E-state index contributed by atoms with van der Waals surface area (Å²) in [6.07, 6.45) is 3.79. The van der Waals surface area contributed by atoms with E-state index in [1.807, 2.05) is 0 Å². The van der Waals surface area contributed by atoms with Crippen LogP contribution in [0.25, 0.3) is 0 Å². The number of hydrogen-bond acceptors (Lipinski definition) is 2. The molecule has 0 radical (unpaired) electrons. The molecule has 2 rings (SSSR count). The summed E-state index contributed by atoms with van der Waals surface area (Å²) in [6, 6.07) is 1.43. The first-order valence-corrected chi connectivity index (χ1v) is 4.45. The SMILES string of the molecule is Cn1ccc(=O)n(CC2CC2)c1=O. The quantitative estimate of drug-likeness (QED) is 0.640. The van der Waals surface area contributed by atoms with Gasteiger partial charge in [-0.1, -0.05) is 0 Å². The van der Waals surface area contributed by atoms with Crippen molar-refractivity contribution in [3.63, 3.8) is 0 Å². The molecule has 0 amide bonds. The summed E-state index contributed by atoms with van der Waals surface area (Å²) in [4.78, 5) is 22.8. The number of aromatic nitrogens is 2. The number of nitrogens with zero attached hydrogens (tertiary/aromatic N) is 2. The van der Waals surface area contributed by atoms with Gasteiger partial charge in [0.2, 0.25) is 0 Å². The van der Waals surface area contributed by atoms with Crippen LogP contribution in [0.3, 0.4) is 0 Å². The molecule has 1 aliphatic rings. The van der Waals surface area contributed by atoms with Crippen molar-refractivity contribution in [2.24, 2.45) is 13.0 Å². The van der Waals surface area contributed by atoms with E-state index in [0.29, 0.717) is 12.5 Å². The first kappa shape index (κ1) is 8.29. The molecule has 1 heterocycles. The average Bonchev–Trinajstić information content (AvgIpc) is 2.89. The predicted octanol–water partition coefficient (Wildman–Crippen LogP) is -0.0430. The van der Waals surface area contributed by atoms with Gasteiger partial charge in [0.1, 0.15) is 0 Å². The van der Waals surface area contributed by atoms with Gasteiger partial charge in [0.15, 0.2) is 0 Å². The van der Waals surface area contributed by atoms with E-state index in [9.17, 15) is 9.59 Å². The Morgan fingerprint density at radius 1 is 1.46 bits per heavy atom. The highest BCUT2D eigenvalue weighted by atomic mass is 16.2. The molecule has 70 valence electrons. The zero-order valence-corrected chi connectivity index (χ0v) is 7.56. The normalized spacial score (nSPS) is 16.1. The van der Waals surface area contributed by atoms with Gasteiger partial charge in [-0.3, -0.25) is 9.36 Å². The molecule has 1 aromatic rings. The highest BCUT2D eigenvalue weighted by Gasteiger charge is 2.23. The summed E-state index contributed by atoms with van der Waals surface area (Å²) in [5.74, 6) is 0.549. The number of rotatable bonds is 2. The molecule has 0 aliphatic heterocycles. The fraction of sp³-hybridized carbons (Fsp3) is 0.556. The maximum atomic E-state index is 11.5. The van der Waals surface area contributed by atoms with E-state index >= 15 is 0 Å². The maximum Gasteiger partial charge on any atom is 0.330 e. The zero-order valence-electron chi connectivity index (χ0n) is 7.56. The Labute approximate surface area is 75.4 Å². The Balaban J connectivity index is 2.46. The predicted molar refractivity (Wildman–Crippen MR) is 48.7 cm³/mol. The van der Waals surface area contributed by atoms with Gasteiger partial charge >= 0.3 is 5.69 Å². The highest BCUT2D eigenvalue weighted by Crippen LogP contribution is 2.29. The summed E-state index contributed by atoms with van der Waals surface area (Å²) in [5.41, 5.74) is -0.394. The third-order valence-corrected chi connectivity index (χ3v) is 2.38. The molecule has 1 aromatic heterocycles. The molecule has 0 unspecified atom stereocenters. The van der Waals surface area contributed by atoms with Crippen LogP contribution in [0.1, 0.15) is 12.8 Å². The lowest BCUT2D eigenvalue weighted by molar-refractivity contribution is 0.549. The molecule has 4 nitrogen and oxygen atoms in total. The smallest absolute Gasteiger partial charge is 0.303 e. The largest absolute Gasteiger partial charge is 0.330 e. The van der Waals surface area contributed by atoms with Crippen LogP contribution < -0.4 is 11.2 Å². The Bertz CT molecular complexity index is 426. The van der Waals surface area contributed by atoms with Gasteiger partial charge in [-0.05, 0) is 18.8 Å². The Morgan fingerprint density at radius 3 is 2.77 bits per heavy atom. The van der Waals surface area contributed by atoms with Crippen LogP contribution in [0.15, 0.2) is 21.9 Å². The van der Waals surface area contributed by atoms with E-state index in [1.54, 1.807) is 7.05 Å². The molecule has 0 N–H and O–H groups in total. The van der Waals surface area contributed by atoms with E-state index in [-0.39, 0.29) is 11.2 Å². The van der Waals surface area contributed by atoms with E-state index in [0.717, 1.165) is 12.8 Å². The fourth-order valence-electron chi connectivity index (χ4n) is 1.34. The van der Waals surface area contributed by atoms with Gasteiger partial charge in [0, 0.05) is 25.9 Å². The zero-order chi connectivity index (χ0) is 9.42. The summed E-state index contributed by atoms with van der Waals surface area (Å²) in [6.45, 7) is 0.590. The minimum atomic E-state index is -0.209. The van der Waals surface area contributed by atoms with Crippen molar-refractivity contribution in [2.75, 3.05) is 0 Å². The van der Waals surface area contributed by atoms with Crippen molar-refractivity contribution in [1.29, 1.82) is 0 Å². The molecule has 0 spiro atoms. The Morgan fingerprint density at radius 2 is 2.15 bits per heavy atom. The van der Waals surface area contributed by atoms with Crippen molar-refractivity contribution in [2.45, 2.75) is 19.4 Å². The fourth-order valence-corrected chi connectivity index (χ4v) is 1.34. The summed E-state index contributed by atoms with van der Waals surface area (Å²) in [7, 11) is 1.66. The van der Waals surface area contributed by atoms with Crippen LogP contribution in [0.2, 0.25) is 0 Å². The van der Waals surface area contributed by atoms with E-state index in [2.05, 4.69) is 0 Å². The molecule has 0 aromatic carbocycles. The third-order valence-electron chi connectivity index (χ3n) is 2.38. The van der Waals surface area contributed by atoms with Gasteiger partial charge < -0.3 is 4.57 Å². The van der Waals surface area contributed by atoms with Crippen molar-refractivity contribution in [1.82, 2.24) is 9.13 Å². The lowest BCUT2D eigenvalue weighted by Gasteiger charge is -2.04. The van der Waals surface area contributed by atoms with Crippen LogP contribution in [0.4, 0.5) is 0 Å². The van der Waals surface area contributed by atoms with Crippen LogP contribution >= 0.6 is 0 Å². The van der Waals surface area contributed by atoms with E-state index in [4.69, 9.17) is 0 Å². The third kappa shape index (κ3) is 1.56. The average molecular weight is 180 g/mol. The van der Waals surface area contributed by atoms with Gasteiger partial charge in [0.05, 0.1) is 0 Å². The number of aryl methyl sites for hydroxylation is 1. The van der Waals surface area contributed by atoms with Crippen LogP contribution in [0.5, 0.6) is 0 Å². The molecule has 4 heteroatoms. The first-order valence-electron chi connectivity index (χ1n) is 4.45. The molecule has 13 heavy (non-hydrogen) atoms. The monoisotopic (exact) mass is 180 g/mol. The minimum Gasteiger partial charge on any atom is -0.303 e. The summed E-state index contributed by atoms with van der Waals surface area (Å²) < 4.78 is 2.75. The molecule has 1 fully saturated rings. The maximum absolute atomic E-state index is 11.5. The Hall–Kier alpha value is -1.32. The van der Waals surface area contributed by atoms with Crippen LogP contribution in [-0.4, -0.2) is 9.13 Å². The van der Waals surface area contributed by atoms with Gasteiger partial charge in [0.25, 0.3) is 5.56 Å². The second kappa shape index (κ2) is 2.87. The van der Waals surface area contributed by atoms with Gasteiger partial charge in [-0.25, -0.2) is 4.79 Å². The van der Waals surface area contributed by atoms with Crippen molar-refractivity contribution in [3.8, 4) is 0 Å². The minimum absolute atomic E-state index is 0.185. The van der Waals surface area contributed by atoms with Crippen molar-refractivity contribution >= 4 is 0 Å². The number of hydrogen-bond donors (Lipinski definition) is 0. The van der Waals surface area contributed by atoms with Crippen LogP contribution in [0, 0.1) is 5.92 Å². The summed E-state index contributed by atoms with van der Waals surface area (Å²) in [5, 5.41) is 0. The van der Waals surface area contributed by atoms with E-state index < -0.39 is 0 Å². The van der Waals surface area contributed by atoms with Gasteiger partial charge in [-0.2, -0.15) is 0 Å². The molecule has 0 bridgehead atoms. The molecule has 0 atom stereocenters. The summed E-state index contributed by atoms with van der Waals surface area (Å²) >= 11 is 0. The lowest BCUT2D eigenvalue weighted by Crippen LogP contribution is -2.38. The lowest BCUT2D eigenvalue weighted by atomic mass is 10.4. The van der Waals surface area contributed by atoms with Gasteiger partial charge in [-0.15, -0.1) is 0 Å². The van der Waals surface area contributed by atoms with E-state index in [1.165, 1.54) is 21.4 Å². The molecular formula is C9H12N2O2. The molecular weight excluding hydrogens is 168 g/mol. The van der Waals surface area contributed by atoms with Crippen LogP contribution in [-0.2, 0) is 13.6 Å². The Kier molecular flexibility index (Phi) is 1.83. The second-order valence-electron chi connectivity index (χ2n) is 3.60.